The molecule has 1 N–H and O–H groups in total. The highest BCUT2D eigenvalue weighted by Crippen LogP contribution is 2.21. The van der Waals surface area contributed by atoms with Crippen LogP contribution >= 0.6 is 34.2 Å². The zero-order chi connectivity index (χ0) is 8.97. The van der Waals surface area contributed by atoms with Gasteiger partial charge < -0.3 is 5.32 Å². The summed E-state index contributed by atoms with van der Waals surface area (Å²) >= 11 is 8.10. The quantitative estimate of drug-likeness (QED) is 0.837. The summed E-state index contributed by atoms with van der Waals surface area (Å²) in [5, 5.41) is 4.12. The van der Waals surface area contributed by atoms with E-state index < -0.39 is 0 Å². The molecular formula is C9H11ClIN. The SMILES string of the molecule is CCCNc1ccc(Cl)cc1I. The van der Waals surface area contributed by atoms with Crippen molar-refractivity contribution >= 4 is 39.9 Å². The first kappa shape index (κ1) is 10.1. The largest absolute Gasteiger partial charge is 0.384 e. The van der Waals surface area contributed by atoms with Gasteiger partial charge in [0.2, 0.25) is 0 Å². The van der Waals surface area contributed by atoms with Crippen LogP contribution in [0, 0.1) is 3.57 Å². The number of anilines is 1. The van der Waals surface area contributed by atoms with Crippen LogP contribution in [0.15, 0.2) is 18.2 Å². The first-order valence-corrected chi connectivity index (χ1v) is 5.38. The molecule has 0 spiro atoms. The average molecular weight is 296 g/mol. The van der Waals surface area contributed by atoms with Crippen LogP contribution in [0.25, 0.3) is 0 Å². The molecule has 0 aliphatic rings. The zero-order valence-corrected chi connectivity index (χ0v) is 9.82. The minimum absolute atomic E-state index is 0.793. The maximum absolute atomic E-state index is 5.82. The van der Waals surface area contributed by atoms with E-state index in [1.807, 2.05) is 18.2 Å². The molecule has 0 radical (unpaired) electrons. The van der Waals surface area contributed by atoms with Gasteiger partial charge >= 0.3 is 0 Å². The monoisotopic (exact) mass is 295 g/mol. The molecule has 1 rings (SSSR count). The van der Waals surface area contributed by atoms with Crippen molar-refractivity contribution in [3.05, 3.63) is 26.8 Å². The molecule has 0 saturated heterocycles. The molecule has 0 saturated carbocycles. The van der Waals surface area contributed by atoms with Crippen LogP contribution in [0.2, 0.25) is 5.02 Å². The van der Waals surface area contributed by atoms with Gasteiger partial charge in [0.1, 0.15) is 0 Å². The van der Waals surface area contributed by atoms with Gasteiger partial charge in [-0.2, -0.15) is 0 Å². The molecule has 0 aliphatic heterocycles. The lowest BCUT2D eigenvalue weighted by Gasteiger charge is -2.06. The van der Waals surface area contributed by atoms with Crippen LogP contribution in [0.3, 0.4) is 0 Å². The molecular weight excluding hydrogens is 284 g/mol. The summed E-state index contributed by atoms with van der Waals surface area (Å²) in [5.74, 6) is 0. The van der Waals surface area contributed by atoms with Gasteiger partial charge in [-0.25, -0.2) is 0 Å². The van der Waals surface area contributed by atoms with Crippen LogP contribution in [-0.2, 0) is 0 Å². The number of hydrogen-bond acceptors (Lipinski definition) is 1. The van der Waals surface area contributed by atoms with Gasteiger partial charge in [0.05, 0.1) is 0 Å². The summed E-state index contributed by atoms with van der Waals surface area (Å²) in [5.41, 5.74) is 1.17. The summed E-state index contributed by atoms with van der Waals surface area (Å²) in [7, 11) is 0. The minimum atomic E-state index is 0.793. The molecule has 66 valence electrons. The lowest BCUT2D eigenvalue weighted by atomic mass is 10.3. The maximum atomic E-state index is 5.82. The first-order chi connectivity index (χ1) is 5.74. The Morgan fingerprint density at radius 1 is 1.50 bits per heavy atom. The Balaban J connectivity index is 2.72. The van der Waals surface area contributed by atoms with Crippen molar-refractivity contribution < 1.29 is 0 Å². The second-order valence-electron chi connectivity index (χ2n) is 2.55. The average Bonchev–Trinajstić information content (AvgIpc) is 2.03. The van der Waals surface area contributed by atoms with Gasteiger partial charge in [0.25, 0.3) is 0 Å². The Bertz CT molecular complexity index is 263. The predicted octanol–water partition coefficient (Wildman–Crippen LogP) is 3.77. The Labute approximate surface area is 91.6 Å². The highest BCUT2D eigenvalue weighted by molar-refractivity contribution is 14.1. The lowest BCUT2D eigenvalue weighted by molar-refractivity contribution is 0.978. The van der Waals surface area contributed by atoms with Gasteiger partial charge in [-0.1, -0.05) is 18.5 Å². The molecule has 0 atom stereocenters. The highest BCUT2D eigenvalue weighted by atomic mass is 127. The van der Waals surface area contributed by atoms with Gasteiger partial charge in [-0.05, 0) is 47.2 Å². The fourth-order valence-corrected chi connectivity index (χ4v) is 1.95. The van der Waals surface area contributed by atoms with Gasteiger partial charge in [0, 0.05) is 20.8 Å². The first-order valence-electron chi connectivity index (χ1n) is 3.93. The minimum Gasteiger partial charge on any atom is -0.384 e. The molecule has 1 aromatic carbocycles. The summed E-state index contributed by atoms with van der Waals surface area (Å²) in [6, 6.07) is 5.88. The van der Waals surface area contributed by atoms with E-state index >= 15 is 0 Å². The predicted molar refractivity (Wildman–Crippen MR) is 62.9 cm³/mol. The number of rotatable bonds is 3. The number of nitrogens with one attached hydrogen (secondary N) is 1. The Morgan fingerprint density at radius 3 is 2.83 bits per heavy atom. The molecule has 0 bridgehead atoms. The van der Waals surface area contributed by atoms with Crippen molar-refractivity contribution in [2.45, 2.75) is 13.3 Å². The van der Waals surface area contributed by atoms with Crippen LogP contribution in [-0.4, -0.2) is 6.54 Å². The molecule has 0 aliphatic carbocycles. The van der Waals surface area contributed by atoms with Crippen molar-refractivity contribution in [3.8, 4) is 0 Å². The van der Waals surface area contributed by atoms with E-state index in [1.54, 1.807) is 0 Å². The lowest BCUT2D eigenvalue weighted by Crippen LogP contribution is -2.00. The summed E-state index contributed by atoms with van der Waals surface area (Å²) in [6.45, 7) is 3.16. The normalized spacial score (nSPS) is 9.92. The van der Waals surface area contributed by atoms with Crippen LogP contribution in [0.4, 0.5) is 5.69 Å². The molecule has 0 aromatic heterocycles. The third kappa shape index (κ3) is 2.83. The molecule has 0 heterocycles. The highest BCUT2D eigenvalue weighted by Gasteiger charge is 1.97. The van der Waals surface area contributed by atoms with Crippen molar-refractivity contribution in [1.82, 2.24) is 0 Å². The van der Waals surface area contributed by atoms with E-state index in [9.17, 15) is 0 Å². The van der Waals surface area contributed by atoms with E-state index in [1.165, 1.54) is 9.26 Å². The summed E-state index contributed by atoms with van der Waals surface area (Å²) in [4.78, 5) is 0. The van der Waals surface area contributed by atoms with Crippen LogP contribution in [0.1, 0.15) is 13.3 Å². The van der Waals surface area contributed by atoms with Gasteiger partial charge in [-0.15, -0.1) is 0 Å². The van der Waals surface area contributed by atoms with Gasteiger partial charge in [0.15, 0.2) is 0 Å². The molecule has 1 nitrogen and oxygen atoms in total. The van der Waals surface area contributed by atoms with Gasteiger partial charge in [-0.3, -0.25) is 0 Å². The molecule has 12 heavy (non-hydrogen) atoms. The Kier molecular flexibility index (Phi) is 4.15. The second kappa shape index (κ2) is 4.92. The fourth-order valence-electron chi connectivity index (χ4n) is 0.893. The smallest absolute Gasteiger partial charge is 0.0476 e. The van der Waals surface area contributed by atoms with Crippen molar-refractivity contribution in [3.63, 3.8) is 0 Å². The molecule has 1 aromatic rings. The fraction of sp³-hybridized carbons (Fsp3) is 0.333. The molecule has 0 unspecified atom stereocenters. The summed E-state index contributed by atoms with van der Waals surface area (Å²) in [6.07, 6.45) is 1.14. The van der Waals surface area contributed by atoms with Crippen LogP contribution in [0.5, 0.6) is 0 Å². The van der Waals surface area contributed by atoms with Crippen molar-refractivity contribution in [1.29, 1.82) is 0 Å². The Morgan fingerprint density at radius 2 is 2.25 bits per heavy atom. The zero-order valence-electron chi connectivity index (χ0n) is 6.90. The van der Waals surface area contributed by atoms with E-state index in [4.69, 9.17) is 11.6 Å². The van der Waals surface area contributed by atoms with Crippen molar-refractivity contribution in [2.24, 2.45) is 0 Å². The van der Waals surface area contributed by atoms with E-state index in [2.05, 4.69) is 34.8 Å². The molecule has 0 amide bonds. The third-order valence-electron chi connectivity index (χ3n) is 1.50. The standard InChI is InChI=1S/C9H11ClIN/c1-2-5-12-9-4-3-7(10)6-8(9)11/h3-4,6,12H,2,5H2,1H3. The maximum Gasteiger partial charge on any atom is 0.0476 e. The van der Waals surface area contributed by atoms with E-state index in [0.717, 1.165) is 18.0 Å². The van der Waals surface area contributed by atoms with E-state index in [0.29, 0.717) is 0 Å². The van der Waals surface area contributed by atoms with E-state index in [-0.39, 0.29) is 0 Å². The third-order valence-corrected chi connectivity index (χ3v) is 2.62. The van der Waals surface area contributed by atoms with Crippen LogP contribution < -0.4 is 5.32 Å². The molecule has 0 fully saturated rings. The second-order valence-corrected chi connectivity index (χ2v) is 4.15. The number of benzene rings is 1. The Hall–Kier alpha value is 0.0400. The number of hydrogen-bond donors (Lipinski definition) is 1. The molecule has 3 heteroatoms. The topological polar surface area (TPSA) is 12.0 Å². The van der Waals surface area contributed by atoms with Crippen molar-refractivity contribution in [2.75, 3.05) is 11.9 Å². The summed E-state index contributed by atoms with van der Waals surface area (Å²) < 4.78 is 1.17. The number of halogens is 2.